The zero-order valence-corrected chi connectivity index (χ0v) is 14.3. The minimum absolute atomic E-state index is 0.0290. The first-order chi connectivity index (χ1) is 11.4. The molecule has 24 heavy (non-hydrogen) atoms. The van der Waals surface area contributed by atoms with Gasteiger partial charge in [0, 0.05) is 12.1 Å². The van der Waals surface area contributed by atoms with Crippen LogP contribution < -0.4 is 4.74 Å². The fourth-order valence-electron chi connectivity index (χ4n) is 1.82. The van der Waals surface area contributed by atoms with Crippen LogP contribution in [-0.4, -0.2) is 24.1 Å². The number of ether oxygens (including phenoxy) is 2. The van der Waals surface area contributed by atoms with Crippen molar-refractivity contribution in [3.8, 4) is 5.75 Å². The minimum Gasteiger partial charge on any atom is -0.482 e. The summed E-state index contributed by atoms with van der Waals surface area (Å²) in [6.07, 6.45) is 5.95. The molecule has 1 rings (SSSR count). The molecule has 6 heteroatoms. The predicted molar refractivity (Wildman–Crippen MR) is 92.0 cm³/mol. The van der Waals surface area contributed by atoms with Gasteiger partial charge in [0.2, 0.25) is 0 Å². The van der Waals surface area contributed by atoms with E-state index in [1.54, 1.807) is 0 Å². The average molecular weight is 333 g/mol. The van der Waals surface area contributed by atoms with Crippen LogP contribution in [0, 0.1) is 10.1 Å². The molecule has 0 spiro atoms. The highest BCUT2D eigenvalue weighted by Gasteiger charge is 2.07. The van der Waals surface area contributed by atoms with Crippen molar-refractivity contribution in [1.29, 1.82) is 0 Å². The Bertz CT molecular complexity index is 613. The molecule has 6 nitrogen and oxygen atoms in total. The maximum atomic E-state index is 11.6. The average Bonchev–Trinajstić information content (AvgIpc) is 2.53. The molecule has 0 fully saturated rings. The lowest BCUT2D eigenvalue weighted by Crippen LogP contribution is -2.15. The molecule has 0 aromatic heterocycles. The molecule has 0 aliphatic rings. The molecule has 1 aromatic rings. The molecule has 0 radical (unpaired) electrons. The first kappa shape index (κ1) is 19.4. The third-order valence-corrected chi connectivity index (χ3v) is 3.17. The quantitative estimate of drug-likeness (QED) is 0.293. The van der Waals surface area contributed by atoms with Crippen LogP contribution >= 0.6 is 0 Å². The molecule has 0 bridgehead atoms. The van der Waals surface area contributed by atoms with Gasteiger partial charge in [-0.2, -0.15) is 0 Å². The van der Waals surface area contributed by atoms with E-state index < -0.39 is 10.9 Å². The third kappa shape index (κ3) is 8.12. The lowest BCUT2D eigenvalue weighted by atomic mass is 10.1. The zero-order valence-electron chi connectivity index (χ0n) is 14.3. The van der Waals surface area contributed by atoms with Crippen LogP contribution in [0.25, 0.3) is 0 Å². The number of benzene rings is 1. The molecular weight excluding hydrogens is 310 g/mol. The number of hydrogen-bond acceptors (Lipinski definition) is 5. The number of carbonyl (C=O) groups excluding carboxylic acids is 1. The Labute approximate surface area is 141 Å². The second-order valence-electron chi connectivity index (χ2n) is 5.59. The molecule has 0 N–H and O–H groups in total. The molecule has 130 valence electrons. The smallest absolute Gasteiger partial charge is 0.344 e. The summed E-state index contributed by atoms with van der Waals surface area (Å²) >= 11 is 0. The number of esters is 1. The zero-order chi connectivity index (χ0) is 17.9. The van der Waals surface area contributed by atoms with Gasteiger partial charge in [0.1, 0.15) is 12.4 Å². The van der Waals surface area contributed by atoms with Gasteiger partial charge in [-0.15, -0.1) is 0 Å². The van der Waals surface area contributed by atoms with Crippen molar-refractivity contribution in [2.75, 3.05) is 13.2 Å². The van der Waals surface area contributed by atoms with Gasteiger partial charge >= 0.3 is 5.97 Å². The molecule has 0 aliphatic heterocycles. The number of rotatable bonds is 9. The summed E-state index contributed by atoms with van der Waals surface area (Å²) in [6.45, 7) is 6.10. The lowest BCUT2D eigenvalue weighted by Gasteiger charge is -2.06. The molecule has 0 saturated heterocycles. The molecule has 0 atom stereocenters. The van der Waals surface area contributed by atoms with Crippen molar-refractivity contribution in [2.24, 2.45) is 0 Å². The Morgan fingerprint density at radius 3 is 2.42 bits per heavy atom. The second kappa shape index (κ2) is 10.2. The van der Waals surface area contributed by atoms with E-state index in [-0.39, 0.29) is 18.9 Å². The Kier molecular flexibility index (Phi) is 8.25. The summed E-state index contributed by atoms with van der Waals surface area (Å²) in [5, 5.41) is 10.5. The van der Waals surface area contributed by atoms with Crippen LogP contribution in [0.5, 0.6) is 5.75 Å². The highest BCUT2D eigenvalue weighted by molar-refractivity contribution is 5.71. The van der Waals surface area contributed by atoms with Gasteiger partial charge in [-0.3, -0.25) is 10.1 Å². The monoisotopic (exact) mass is 333 g/mol. The van der Waals surface area contributed by atoms with E-state index in [0.29, 0.717) is 5.75 Å². The molecule has 0 amide bonds. The summed E-state index contributed by atoms with van der Waals surface area (Å²) < 4.78 is 10.3. The second-order valence-corrected chi connectivity index (χ2v) is 5.59. The fourth-order valence-corrected chi connectivity index (χ4v) is 1.82. The van der Waals surface area contributed by atoms with Crippen LogP contribution in [-0.2, 0) is 9.53 Å². The summed E-state index contributed by atoms with van der Waals surface area (Å²) in [5.41, 5.74) is 2.42. The van der Waals surface area contributed by atoms with E-state index in [1.165, 1.54) is 29.8 Å². The Hall–Kier alpha value is -2.63. The first-order valence-corrected chi connectivity index (χ1v) is 7.70. The van der Waals surface area contributed by atoms with E-state index in [2.05, 4.69) is 19.9 Å². The number of hydrogen-bond donors (Lipinski definition) is 0. The highest BCUT2D eigenvalue weighted by Crippen LogP contribution is 2.17. The maximum Gasteiger partial charge on any atom is 0.344 e. The SMILES string of the molecule is CC(C)=CCC/C(C)=C/COC(=O)COc1ccc([N+](=O)[O-])cc1. The molecular formula is C18H23NO5. The third-order valence-electron chi connectivity index (χ3n) is 3.17. The van der Waals surface area contributed by atoms with Crippen molar-refractivity contribution in [3.05, 3.63) is 57.7 Å². The maximum absolute atomic E-state index is 11.6. The normalized spacial score (nSPS) is 10.9. The number of nitro groups is 1. The number of nitro benzene ring substituents is 1. The molecule has 0 saturated carbocycles. The summed E-state index contributed by atoms with van der Waals surface area (Å²) in [7, 11) is 0. The van der Waals surface area contributed by atoms with Crippen LogP contribution in [0.4, 0.5) is 5.69 Å². The number of non-ortho nitro benzene ring substituents is 1. The number of allylic oxidation sites excluding steroid dienone is 3. The largest absolute Gasteiger partial charge is 0.482 e. The Balaban J connectivity index is 2.28. The fraction of sp³-hybridized carbons (Fsp3) is 0.389. The number of nitrogens with zero attached hydrogens (tertiary/aromatic N) is 1. The summed E-state index contributed by atoms with van der Waals surface area (Å²) in [5.74, 6) is -0.104. The van der Waals surface area contributed by atoms with Gasteiger partial charge in [0.15, 0.2) is 6.61 Å². The Morgan fingerprint density at radius 1 is 1.17 bits per heavy atom. The number of carbonyl (C=O) groups is 1. The molecule has 0 unspecified atom stereocenters. The minimum atomic E-state index is -0.496. The van der Waals surface area contributed by atoms with Gasteiger partial charge in [0.05, 0.1) is 4.92 Å². The summed E-state index contributed by atoms with van der Waals surface area (Å²) in [4.78, 5) is 21.6. The van der Waals surface area contributed by atoms with Crippen LogP contribution in [0.1, 0.15) is 33.6 Å². The van der Waals surface area contributed by atoms with Gasteiger partial charge in [-0.05, 0) is 51.8 Å². The first-order valence-electron chi connectivity index (χ1n) is 7.70. The van der Waals surface area contributed by atoms with Gasteiger partial charge in [-0.25, -0.2) is 4.79 Å². The van der Waals surface area contributed by atoms with Crippen LogP contribution in [0.3, 0.4) is 0 Å². The van der Waals surface area contributed by atoms with E-state index in [1.807, 2.05) is 13.0 Å². The van der Waals surface area contributed by atoms with Gasteiger partial charge < -0.3 is 9.47 Å². The van der Waals surface area contributed by atoms with Crippen LogP contribution in [0.15, 0.2) is 47.6 Å². The van der Waals surface area contributed by atoms with E-state index >= 15 is 0 Å². The van der Waals surface area contributed by atoms with Crippen molar-refractivity contribution in [3.63, 3.8) is 0 Å². The molecule has 0 heterocycles. The van der Waals surface area contributed by atoms with Crippen molar-refractivity contribution in [1.82, 2.24) is 0 Å². The van der Waals surface area contributed by atoms with Gasteiger partial charge in [0.25, 0.3) is 5.69 Å². The van der Waals surface area contributed by atoms with Crippen molar-refractivity contribution < 1.29 is 19.2 Å². The molecule has 0 aliphatic carbocycles. The molecule has 1 aromatic carbocycles. The summed E-state index contributed by atoms with van der Waals surface area (Å²) in [6, 6.07) is 5.52. The lowest BCUT2D eigenvalue weighted by molar-refractivity contribution is -0.384. The highest BCUT2D eigenvalue weighted by atomic mass is 16.6. The predicted octanol–water partition coefficient (Wildman–Crippen LogP) is 4.21. The van der Waals surface area contributed by atoms with E-state index in [4.69, 9.17) is 9.47 Å². The standard InChI is InChI=1S/C18H23NO5/c1-14(2)5-4-6-15(3)11-12-23-18(20)13-24-17-9-7-16(8-10-17)19(21)22/h5,7-11H,4,6,12-13H2,1-3H3/b15-11+. The van der Waals surface area contributed by atoms with E-state index in [9.17, 15) is 14.9 Å². The van der Waals surface area contributed by atoms with Crippen molar-refractivity contribution in [2.45, 2.75) is 33.6 Å². The van der Waals surface area contributed by atoms with Gasteiger partial charge in [-0.1, -0.05) is 17.2 Å². The Morgan fingerprint density at radius 2 is 1.83 bits per heavy atom. The van der Waals surface area contributed by atoms with E-state index in [0.717, 1.165) is 18.4 Å². The van der Waals surface area contributed by atoms with Crippen molar-refractivity contribution >= 4 is 11.7 Å². The van der Waals surface area contributed by atoms with Crippen LogP contribution in [0.2, 0.25) is 0 Å². The topological polar surface area (TPSA) is 78.7 Å².